The molecule has 12 atom stereocenters. The molecular weight excluding hydrogens is 1100 g/mol. The molecule has 1 aromatic heterocycles. The number of carbonyl (C=O) groups excluding carboxylic acids is 11. The monoisotopic (exact) mass is 1180 g/mol. The van der Waals surface area contributed by atoms with E-state index in [2.05, 4.69) is 52.8 Å². The Balaban J connectivity index is 1.43. The number of benzene rings is 2. The van der Waals surface area contributed by atoms with Gasteiger partial charge in [0.15, 0.2) is 11.9 Å². The molecule has 17 N–H and O–H groups in total. The van der Waals surface area contributed by atoms with Crippen molar-refractivity contribution in [2.24, 2.45) is 29.2 Å². The second-order valence-corrected chi connectivity index (χ2v) is 22.5. The van der Waals surface area contributed by atoms with Crippen molar-refractivity contribution in [1.82, 2.24) is 52.4 Å². The molecule has 1 fully saturated rings. The van der Waals surface area contributed by atoms with Crippen LogP contribution in [0.3, 0.4) is 0 Å². The number of aliphatic hydroxyl groups excluding tert-OH is 3. The number of fused-ring (bicyclic) bond motifs is 5. The van der Waals surface area contributed by atoms with Crippen molar-refractivity contribution in [2.75, 3.05) is 37.3 Å². The van der Waals surface area contributed by atoms with Gasteiger partial charge in [0.1, 0.15) is 42.6 Å². The highest BCUT2D eigenvalue weighted by Gasteiger charge is 2.52. The van der Waals surface area contributed by atoms with Gasteiger partial charge in [-0.2, -0.15) is 0 Å². The van der Waals surface area contributed by atoms with Crippen LogP contribution in [-0.2, 0) is 65.8 Å². The summed E-state index contributed by atoms with van der Waals surface area (Å²) in [5.74, 6) is -10.7. The summed E-state index contributed by atoms with van der Waals surface area (Å²) >= 11 is 0.954. The van der Waals surface area contributed by atoms with Gasteiger partial charge in [-0.25, -0.2) is 0 Å². The third kappa shape index (κ3) is 16.3. The maximum absolute atomic E-state index is 15.0. The number of nitrogens with one attached hydrogen (secondary N) is 10. The van der Waals surface area contributed by atoms with Crippen LogP contribution in [0, 0.1) is 17.8 Å². The molecule has 10 amide bonds. The number of amides is 10. The van der Waals surface area contributed by atoms with Crippen molar-refractivity contribution in [2.45, 2.75) is 139 Å². The fourth-order valence-electron chi connectivity index (χ4n) is 9.60. The van der Waals surface area contributed by atoms with E-state index in [9.17, 15) is 68.1 Å². The predicted molar refractivity (Wildman–Crippen MR) is 300 cm³/mol. The minimum Gasteiger partial charge on any atom is -0.489 e. The van der Waals surface area contributed by atoms with Crippen LogP contribution >= 0.6 is 11.8 Å². The standard InChI is InChI=1S/C54H75N13O15S/c1-7-26(4)44-50(79)58-18-41(73)61-38-23-83-52-34(33-13-12-32(14-35(33)64-52)82-22-29-8-10-30(11-9-29)60-46(75)28(6)59-49(78)43(56)25(2)3)15-36(47(76)57-19-42(74)65-44)62-51(80)45(27(5)39(71)21-68)66-54(24-69)17-31(70)20-67(54)53(81)37(16-40(55)72)63-48(38)77/h8-14,24-28,31,36-39,43-45,64,66,68,70-71H,7,15-23,56H2,1-6H3,(H2,55,72)(H,57,76)(H,58,79)(H,59,78)(H,60,75)(H,61,73)(H,62,80)(H,63,77)(H,65,74)/t26-,27-,28+,31+,36?,37-,38?,39-,43-,44-,45-,54+/m0/s1. The van der Waals surface area contributed by atoms with Gasteiger partial charge in [-0.1, -0.05) is 53.2 Å². The Morgan fingerprint density at radius 1 is 0.867 bits per heavy atom. The lowest BCUT2D eigenvalue weighted by molar-refractivity contribution is -0.147. The lowest BCUT2D eigenvalue weighted by Crippen LogP contribution is -2.69. The highest BCUT2D eigenvalue weighted by molar-refractivity contribution is 7.99. The molecule has 29 heteroatoms. The van der Waals surface area contributed by atoms with Gasteiger partial charge in [0, 0.05) is 48.2 Å². The SMILES string of the molecule is CC[C@H](C)[C@@H]1NC(=O)CNC(=O)C2Cc3c([nH]c4cc(OCc5ccc(NC(=O)[C@@H](C)NC(=O)[C@@H](N)C(C)C)cc5)ccc34)SCC(NC(=O)CNC1=O)C(=O)N[C@@H](CC(N)=O)C(=O)N1C[C@H](O)C[C@@]1(C=O)N[C@@H]([C@@H](C)[C@@H](O)CO)C(=O)N2. The molecule has 2 bridgehead atoms. The summed E-state index contributed by atoms with van der Waals surface area (Å²) in [7, 11) is 0. The summed E-state index contributed by atoms with van der Waals surface area (Å²) < 4.78 is 6.19. The molecule has 3 aliphatic heterocycles. The van der Waals surface area contributed by atoms with Crippen LogP contribution in [0.15, 0.2) is 47.5 Å². The summed E-state index contributed by atoms with van der Waals surface area (Å²) in [6.07, 6.45) is -4.36. The van der Waals surface area contributed by atoms with Crippen LogP contribution < -0.4 is 64.1 Å². The third-order valence-electron chi connectivity index (χ3n) is 14.9. The number of ether oxygens (including phenoxy) is 1. The van der Waals surface area contributed by atoms with E-state index >= 15 is 0 Å². The van der Waals surface area contributed by atoms with Gasteiger partial charge < -0.3 is 83.9 Å². The molecule has 28 nitrogen and oxygen atoms in total. The van der Waals surface area contributed by atoms with Crippen LogP contribution in [0.1, 0.15) is 71.9 Å². The molecule has 0 saturated carbocycles. The number of H-pyrrole nitrogens is 1. The van der Waals surface area contributed by atoms with Gasteiger partial charge in [-0.3, -0.25) is 58.1 Å². The smallest absolute Gasteiger partial charge is 0.247 e. The number of rotatable bonds is 16. The average molecular weight is 1180 g/mol. The molecule has 2 unspecified atom stereocenters. The number of hydrogen-bond acceptors (Lipinski definition) is 18. The van der Waals surface area contributed by atoms with Crippen LogP contribution in [0.4, 0.5) is 5.69 Å². The molecule has 4 heterocycles. The number of nitrogens with zero attached hydrogens (tertiary/aromatic N) is 1. The Bertz CT molecular complexity index is 2930. The zero-order valence-corrected chi connectivity index (χ0v) is 47.7. The molecule has 0 spiro atoms. The summed E-state index contributed by atoms with van der Waals surface area (Å²) in [4.78, 5) is 155. The van der Waals surface area contributed by atoms with E-state index in [-0.39, 0.29) is 36.0 Å². The molecule has 0 radical (unpaired) electrons. The fourth-order valence-corrected chi connectivity index (χ4v) is 10.7. The first-order chi connectivity index (χ1) is 39.3. The Hall–Kier alpha value is -7.70. The summed E-state index contributed by atoms with van der Waals surface area (Å²) in [6.45, 7) is 6.98. The maximum atomic E-state index is 15.0. The van der Waals surface area contributed by atoms with Crippen LogP contribution in [0.25, 0.3) is 10.9 Å². The van der Waals surface area contributed by atoms with E-state index in [4.69, 9.17) is 16.2 Å². The molecular formula is C54H75N13O15S. The lowest BCUT2D eigenvalue weighted by atomic mass is 9.92. The van der Waals surface area contributed by atoms with Crippen molar-refractivity contribution >= 4 is 93.7 Å². The first-order valence-corrected chi connectivity index (χ1v) is 28.2. The van der Waals surface area contributed by atoms with E-state index in [1.165, 1.54) is 13.8 Å². The molecule has 0 aliphatic carbocycles. The van der Waals surface area contributed by atoms with E-state index < -0.39 is 170 Å². The summed E-state index contributed by atoms with van der Waals surface area (Å²) in [6, 6.07) is 1.92. The Morgan fingerprint density at radius 3 is 2.18 bits per heavy atom. The normalized spacial score (nSPS) is 25.2. The van der Waals surface area contributed by atoms with E-state index in [1.807, 2.05) is 0 Å². The van der Waals surface area contributed by atoms with E-state index in [1.54, 1.807) is 70.2 Å². The van der Waals surface area contributed by atoms with Crippen LogP contribution in [-0.4, -0.2) is 183 Å². The Labute approximate surface area is 482 Å². The lowest BCUT2D eigenvalue weighted by Gasteiger charge is -2.41. The van der Waals surface area contributed by atoms with E-state index in [0.29, 0.717) is 39.9 Å². The van der Waals surface area contributed by atoms with Gasteiger partial charge in [0.25, 0.3) is 0 Å². The first kappa shape index (κ1) is 64.5. The van der Waals surface area contributed by atoms with Gasteiger partial charge in [-0.05, 0) is 54.2 Å². The number of aliphatic hydroxyl groups is 3. The second kappa shape index (κ2) is 28.5. The highest BCUT2D eigenvalue weighted by atomic mass is 32.2. The summed E-state index contributed by atoms with van der Waals surface area (Å²) in [5.41, 5.74) is 11.1. The minimum absolute atomic E-state index is 0.0331. The predicted octanol–water partition coefficient (Wildman–Crippen LogP) is -3.64. The minimum atomic E-state index is -2.32. The van der Waals surface area contributed by atoms with Crippen molar-refractivity contribution in [3.8, 4) is 5.75 Å². The Kier molecular flexibility index (Phi) is 22.2. The quantitative estimate of drug-likeness (QED) is 0.0615. The van der Waals surface area contributed by atoms with Gasteiger partial charge in [0.2, 0.25) is 59.1 Å². The van der Waals surface area contributed by atoms with Crippen LogP contribution in [0.5, 0.6) is 5.75 Å². The van der Waals surface area contributed by atoms with Gasteiger partial charge in [-0.15, -0.1) is 11.8 Å². The Morgan fingerprint density at radius 2 is 1.54 bits per heavy atom. The highest BCUT2D eigenvalue weighted by Crippen LogP contribution is 2.35. The molecule has 452 valence electrons. The topological polar surface area (TPSA) is 437 Å². The molecule has 3 aliphatic rings. The summed E-state index contributed by atoms with van der Waals surface area (Å²) in [5, 5.41) is 56.5. The average Bonchev–Trinajstić information content (AvgIpc) is 3.47. The number of aldehydes is 1. The fraction of sp³-hybridized carbons (Fsp3) is 0.537. The number of carbonyl (C=O) groups is 11. The van der Waals surface area contributed by atoms with Crippen molar-refractivity contribution in [1.29, 1.82) is 0 Å². The number of aromatic amines is 1. The number of hydrogen-bond donors (Lipinski definition) is 15. The third-order valence-corrected chi connectivity index (χ3v) is 16.0. The maximum Gasteiger partial charge on any atom is 0.247 e. The van der Waals surface area contributed by atoms with Crippen molar-refractivity contribution in [3.63, 3.8) is 0 Å². The molecule has 3 aromatic rings. The largest absolute Gasteiger partial charge is 0.489 e. The number of nitrogens with two attached hydrogens (primary N) is 2. The number of primary amides is 1. The molecule has 6 rings (SSSR count). The first-order valence-electron chi connectivity index (χ1n) is 27.2. The number of aromatic nitrogens is 1. The van der Waals surface area contributed by atoms with Crippen LogP contribution in [0.2, 0.25) is 0 Å². The zero-order valence-electron chi connectivity index (χ0n) is 46.9. The van der Waals surface area contributed by atoms with Gasteiger partial charge >= 0.3 is 0 Å². The number of anilines is 1. The molecule has 2 aromatic carbocycles. The zero-order chi connectivity index (χ0) is 61.0. The van der Waals surface area contributed by atoms with Gasteiger partial charge in [0.05, 0.1) is 61.0 Å². The van der Waals surface area contributed by atoms with Crippen molar-refractivity contribution in [3.05, 3.63) is 53.6 Å². The van der Waals surface area contributed by atoms with E-state index in [0.717, 1.165) is 16.7 Å². The number of thioether (sulfide) groups is 1. The molecule has 1 saturated heterocycles. The second-order valence-electron chi connectivity index (χ2n) is 21.5. The van der Waals surface area contributed by atoms with Crippen molar-refractivity contribution < 1.29 is 72.8 Å². The molecule has 83 heavy (non-hydrogen) atoms.